The minimum absolute atomic E-state index is 0.126. The van der Waals surface area contributed by atoms with Crippen molar-refractivity contribution in [3.05, 3.63) is 66.2 Å². The molecular formula is C24H28N2O2. The molecule has 1 aromatic heterocycles. The summed E-state index contributed by atoms with van der Waals surface area (Å²) in [6, 6.07) is 20.0. The van der Waals surface area contributed by atoms with Gasteiger partial charge in [0.25, 0.3) is 0 Å². The highest BCUT2D eigenvalue weighted by Crippen LogP contribution is 2.30. The molecule has 4 nitrogen and oxygen atoms in total. The Morgan fingerprint density at radius 3 is 2.14 bits per heavy atom. The van der Waals surface area contributed by atoms with E-state index in [9.17, 15) is 5.11 Å². The molecule has 4 heteroatoms. The summed E-state index contributed by atoms with van der Waals surface area (Å²) in [5, 5.41) is 12.9. The lowest BCUT2D eigenvalue weighted by Gasteiger charge is -2.19. The molecule has 0 atom stereocenters. The van der Waals surface area contributed by atoms with E-state index >= 15 is 0 Å². The lowest BCUT2D eigenvalue weighted by Crippen LogP contribution is -2.10. The number of phenolic OH excluding ortho intramolecular Hbond substituents is 1. The molecule has 3 aromatic rings. The molecule has 0 saturated heterocycles. The van der Waals surface area contributed by atoms with Crippen molar-refractivity contribution < 1.29 is 9.84 Å². The average Bonchev–Trinajstić information content (AvgIpc) is 2.68. The number of aromatic nitrogens is 1. The normalized spacial score (nSPS) is 11.4. The number of phenols is 1. The van der Waals surface area contributed by atoms with Crippen LogP contribution >= 0.6 is 0 Å². The number of nitrogens with zero attached hydrogens (tertiary/aromatic N) is 1. The quantitative estimate of drug-likeness (QED) is 0.560. The van der Waals surface area contributed by atoms with Crippen molar-refractivity contribution in [2.45, 2.75) is 26.2 Å². The zero-order valence-electron chi connectivity index (χ0n) is 17.0. The van der Waals surface area contributed by atoms with E-state index in [0.29, 0.717) is 13.2 Å². The third kappa shape index (κ3) is 4.90. The summed E-state index contributed by atoms with van der Waals surface area (Å²) >= 11 is 0. The van der Waals surface area contributed by atoms with Crippen LogP contribution in [0.4, 0.5) is 5.82 Å². The van der Waals surface area contributed by atoms with Gasteiger partial charge in [0.15, 0.2) is 0 Å². The minimum Gasteiger partial charge on any atom is -0.508 e. The summed E-state index contributed by atoms with van der Waals surface area (Å²) in [4.78, 5) is 4.74. The van der Waals surface area contributed by atoms with Gasteiger partial charge in [-0.1, -0.05) is 45.0 Å². The summed E-state index contributed by atoms with van der Waals surface area (Å²) in [5.74, 6) is 1.05. The van der Waals surface area contributed by atoms with Gasteiger partial charge in [0.05, 0.1) is 12.3 Å². The van der Waals surface area contributed by atoms with Gasteiger partial charge in [0.1, 0.15) is 11.6 Å². The lowest BCUT2D eigenvalue weighted by molar-refractivity contribution is 0.210. The maximum absolute atomic E-state index is 9.58. The maximum Gasteiger partial charge on any atom is 0.127 e. The summed E-state index contributed by atoms with van der Waals surface area (Å²) in [7, 11) is 1.68. The molecule has 0 bridgehead atoms. The molecule has 0 aliphatic rings. The number of ether oxygens (including phenoxy) is 1. The molecular weight excluding hydrogens is 348 g/mol. The molecule has 0 amide bonds. The van der Waals surface area contributed by atoms with Crippen molar-refractivity contribution in [3.8, 4) is 28.1 Å². The monoisotopic (exact) mass is 376 g/mol. The van der Waals surface area contributed by atoms with Crippen LogP contribution in [0.5, 0.6) is 5.75 Å². The van der Waals surface area contributed by atoms with Crippen molar-refractivity contribution in [1.29, 1.82) is 0 Å². The largest absolute Gasteiger partial charge is 0.508 e. The predicted octanol–water partition coefficient (Wildman–Crippen LogP) is 5.48. The second-order valence-corrected chi connectivity index (χ2v) is 7.92. The minimum atomic E-state index is 0.126. The number of rotatable bonds is 6. The molecule has 0 unspecified atom stereocenters. The van der Waals surface area contributed by atoms with Crippen LogP contribution in [0.15, 0.2) is 60.7 Å². The number of pyridine rings is 1. The number of nitrogens with one attached hydrogen (secondary N) is 1. The predicted molar refractivity (Wildman–Crippen MR) is 116 cm³/mol. The van der Waals surface area contributed by atoms with E-state index in [4.69, 9.17) is 9.72 Å². The first kappa shape index (κ1) is 19.9. The number of benzene rings is 2. The highest BCUT2D eigenvalue weighted by molar-refractivity contribution is 5.74. The second-order valence-electron chi connectivity index (χ2n) is 7.92. The van der Waals surface area contributed by atoms with E-state index in [1.165, 1.54) is 5.56 Å². The van der Waals surface area contributed by atoms with Crippen LogP contribution < -0.4 is 5.32 Å². The average molecular weight is 377 g/mol. The number of hydrogen-bond donors (Lipinski definition) is 2. The number of aromatic hydroxyl groups is 1. The number of hydrogen-bond acceptors (Lipinski definition) is 4. The Kier molecular flexibility index (Phi) is 6.00. The molecule has 1 heterocycles. The van der Waals surface area contributed by atoms with E-state index < -0.39 is 0 Å². The zero-order chi connectivity index (χ0) is 20.1. The summed E-state index contributed by atoms with van der Waals surface area (Å²) < 4.78 is 5.13. The van der Waals surface area contributed by atoms with Gasteiger partial charge in [-0.05, 0) is 58.5 Å². The molecule has 0 spiro atoms. The van der Waals surface area contributed by atoms with E-state index in [2.05, 4.69) is 62.5 Å². The van der Waals surface area contributed by atoms with Crippen molar-refractivity contribution in [2.75, 3.05) is 25.6 Å². The van der Waals surface area contributed by atoms with Crippen LogP contribution in [0, 0.1) is 0 Å². The van der Waals surface area contributed by atoms with Gasteiger partial charge < -0.3 is 15.2 Å². The molecule has 0 aliphatic carbocycles. The summed E-state index contributed by atoms with van der Waals surface area (Å²) in [6.07, 6.45) is 0. The first-order chi connectivity index (χ1) is 13.4. The molecule has 0 radical (unpaired) electrons. The molecule has 0 saturated carbocycles. The summed E-state index contributed by atoms with van der Waals surface area (Å²) in [5.41, 5.74) is 5.49. The Labute approximate surface area is 167 Å². The van der Waals surface area contributed by atoms with Crippen LogP contribution in [0.1, 0.15) is 26.3 Å². The van der Waals surface area contributed by atoms with Crippen LogP contribution in [-0.4, -0.2) is 30.4 Å². The SMILES string of the molecule is COCCNc1cc(-c2ccc(C(C)(C)C)cc2)cc(-c2ccc(O)cc2)n1. The number of methoxy groups -OCH3 is 1. The molecule has 146 valence electrons. The fourth-order valence-corrected chi connectivity index (χ4v) is 3.01. The Balaban J connectivity index is 2.00. The van der Waals surface area contributed by atoms with E-state index in [1.54, 1.807) is 19.2 Å². The van der Waals surface area contributed by atoms with Gasteiger partial charge in [-0.3, -0.25) is 0 Å². The third-order valence-electron chi connectivity index (χ3n) is 4.68. The van der Waals surface area contributed by atoms with E-state index in [-0.39, 0.29) is 11.2 Å². The van der Waals surface area contributed by atoms with Gasteiger partial charge in [0, 0.05) is 19.2 Å². The summed E-state index contributed by atoms with van der Waals surface area (Å²) in [6.45, 7) is 7.95. The van der Waals surface area contributed by atoms with Crippen molar-refractivity contribution in [2.24, 2.45) is 0 Å². The van der Waals surface area contributed by atoms with Gasteiger partial charge in [0.2, 0.25) is 0 Å². The fourth-order valence-electron chi connectivity index (χ4n) is 3.01. The highest BCUT2D eigenvalue weighted by atomic mass is 16.5. The Hall–Kier alpha value is -2.85. The maximum atomic E-state index is 9.58. The molecule has 3 rings (SSSR count). The topological polar surface area (TPSA) is 54.4 Å². The fraction of sp³-hybridized carbons (Fsp3) is 0.292. The van der Waals surface area contributed by atoms with Crippen LogP contribution in [0.3, 0.4) is 0 Å². The Bertz CT molecular complexity index is 911. The highest BCUT2D eigenvalue weighted by Gasteiger charge is 2.14. The van der Waals surface area contributed by atoms with Crippen LogP contribution in [-0.2, 0) is 10.2 Å². The van der Waals surface area contributed by atoms with Gasteiger partial charge in [-0.25, -0.2) is 4.98 Å². The molecule has 0 aliphatic heterocycles. The van der Waals surface area contributed by atoms with Gasteiger partial charge >= 0.3 is 0 Å². The molecule has 28 heavy (non-hydrogen) atoms. The zero-order valence-corrected chi connectivity index (χ0v) is 17.0. The van der Waals surface area contributed by atoms with Crippen molar-refractivity contribution in [1.82, 2.24) is 4.98 Å². The van der Waals surface area contributed by atoms with Crippen molar-refractivity contribution in [3.63, 3.8) is 0 Å². The van der Waals surface area contributed by atoms with Gasteiger partial charge in [-0.15, -0.1) is 0 Å². The van der Waals surface area contributed by atoms with Crippen molar-refractivity contribution >= 4 is 5.82 Å². The number of anilines is 1. The smallest absolute Gasteiger partial charge is 0.127 e. The second kappa shape index (κ2) is 8.44. The first-order valence-electron chi connectivity index (χ1n) is 9.52. The van der Waals surface area contributed by atoms with Crippen LogP contribution in [0.2, 0.25) is 0 Å². The third-order valence-corrected chi connectivity index (χ3v) is 4.68. The standard InChI is InChI=1S/C24H28N2O2/c1-24(2,3)20-9-5-17(6-10-20)19-15-22(18-7-11-21(27)12-8-18)26-23(16-19)25-13-14-28-4/h5-12,15-16,27H,13-14H2,1-4H3,(H,25,26). The Morgan fingerprint density at radius 1 is 0.893 bits per heavy atom. The molecule has 2 N–H and O–H groups in total. The van der Waals surface area contributed by atoms with E-state index in [1.807, 2.05) is 12.1 Å². The lowest BCUT2D eigenvalue weighted by atomic mass is 9.86. The molecule has 2 aromatic carbocycles. The van der Waals surface area contributed by atoms with Crippen LogP contribution in [0.25, 0.3) is 22.4 Å². The van der Waals surface area contributed by atoms with Gasteiger partial charge in [-0.2, -0.15) is 0 Å². The molecule has 0 fully saturated rings. The first-order valence-corrected chi connectivity index (χ1v) is 9.52. The van der Waals surface area contributed by atoms with E-state index in [0.717, 1.165) is 28.2 Å². The Morgan fingerprint density at radius 2 is 1.54 bits per heavy atom.